The molecule has 7 nitrogen and oxygen atoms in total. The van der Waals surface area contributed by atoms with E-state index < -0.39 is 27.7 Å². The van der Waals surface area contributed by atoms with Gasteiger partial charge in [0.05, 0.1) is 15.9 Å². The van der Waals surface area contributed by atoms with E-state index >= 15 is 0 Å². The summed E-state index contributed by atoms with van der Waals surface area (Å²) in [4.78, 5) is 16.1. The van der Waals surface area contributed by atoms with Gasteiger partial charge in [-0.1, -0.05) is 0 Å². The fourth-order valence-electron chi connectivity index (χ4n) is 4.08. The molecule has 4 rings (SSSR count). The van der Waals surface area contributed by atoms with Crippen LogP contribution in [0.4, 0.5) is 4.39 Å². The van der Waals surface area contributed by atoms with E-state index in [1.807, 2.05) is 10.6 Å². The van der Waals surface area contributed by atoms with E-state index in [0.717, 1.165) is 34.4 Å². The maximum Gasteiger partial charge on any atom is 0.326 e. The van der Waals surface area contributed by atoms with E-state index in [2.05, 4.69) is 10.3 Å². The molecule has 2 unspecified atom stereocenters. The molecule has 0 saturated carbocycles. The minimum atomic E-state index is -3.59. The third kappa shape index (κ3) is 3.70. The average molecular weight is 431 g/mol. The summed E-state index contributed by atoms with van der Waals surface area (Å²) in [7, 11) is -3.59. The highest BCUT2D eigenvalue weighted by atomic mass is 32.2. The number of hydrogen-bond donors (Lipinski definition) is 2. The summed E-state index contributed by atoms with van der Waals surface area (Å²) in [6.45, 7) is 1.65. The fraction of sp³-hybridized carbons (Fsp3) is 0.333. The Balaban J connectivity index is 1.57. The molecular weight excluding hydrogens is 409 g/mol. The van der Waals surface area contributed by atoms with Gasteiger partial charge < -0.3 is 15.0 Å². The Hall–Kier alpha value is -2.78. The molecule has 2 N–H and O–H groups in total. The van der Waals surface area contributed by atoms with Crippen molar-refractivity contribution in [3.63, 3.8) is 0 Å². The van der Waals surface area contributed by atoms with Crippen LogP contribution in [0.15, 0.2) is 47.5 Å². The van der Waals surface area contributed by atoms with Gasteiger partial charge >= 0.3 is 5.97 Å². The number of hydrogen-bond acceptors (Lipinski definition) is 5. The first kappa shape index (κ1) is 20.5. The Morgan fingerprint density at radius 3 is 2.77 bits per heavy atom. The largest absolute Gasteiger partial charge is 0.480 e. The number of carboxylic acids is 1. The zero-order valence-corrected chi connectivity index (χ0v) is 17.2. The van der Waals surface area contributed by atoms with Crippen LogP contribution in [-0.2, 0) is 27.5 Å². The molecule has 30 heavy (non-hydrogen) atoms. The molecule has 0 amide bonds. The first-order valence-electron chi connectivity index (χ1n) is 9.69. The summed E-state index contributed by atoms with van der Waals surface area (Å²) in [6.07, 6.45) is 3.53. The number of aromatic nitrogens is 2. The third-order valence-electron chi connectivity index (χ3n) is 5.63. The van der Waals surface area contributed by atoms with Crippen LogP contribution in [0.25, 0.3) is 11.0 Å². The van der Waals surface area contributed by atoms with Gasteiger partial charge in [-0.2, -0.15) is 0 Å². The van der Waals surface area contributed by atoms with Crippen molar-refractivity contribution >= 4 is 26.8 Å². The van der Waals surface area contributed by atoms with Crippen LogP contribution in [-0.4, -0.2) is 41.0 Å². The van der Waals surface area contributed by atoms with E-state index in [1.54, 1.807) is 19.2 Å². The van der Waals surface area contributed by atoms with Crippen molar-refractivity contribution in [1.82, 2.24) is 14.9 Å². The quantitative estimate of drug-likeness (QED) is 0.582. The summed E-state index contributed by atoms with van der Waals surface area (Å²) in [6, 6.07) is 7.61. The highest BCUT2D eigenvalue weighted by molar-refractivity contribution is 7.91. The van der Waals surface area contributed by atoms with Crippen molar-refractivity contribution < 1.29 is 22.7 Å². The molecule has 0 fully saturated rings. The minimum Gasteiger partial charge on any atom is -0.480 e. The standard InChI is InChI=1S/C21H22FN3O4S/c1-13(21(26)27)25-18-9-6-15(11-17(18)20-19(25)3-2-10-23-20)24-12-30(28,29)16-7-4-14(22)5-8-16/h2-5,7-8,10,13,15,24H,6,9,11-12H2,1H3,(H,26,27). The molecule has 9 heteroatoms. The predicted octanol–water partition coefficient (Wildman–Crippen LogP) is 2.70. The molecule has 158 valence electrons. The molecule has 0 saturated heterocycles. The Morgan fingerprint density at radius 2 is 2.07 bits per heavy atom. The van der Waals surface area contributed by atoms with Gasteiger partial charge in [-0.25, -0.2) is 17.6 Å². The van der Waals surface area contributed by atoms with E-state index in [9.17, 15) is 22.7 Å². The SMILES string of the molecule is CC(C(=O)O)n1c2c(c3ncccc31)CC(NCS(=O)(=O)c1ccc(F)cc1)CC2. The molecule has 1 aliphatic carbocycles. The smallest absolute Gasteiger partial charge is 0.326 e. The van der Waals surface area contributed by atoms with Crippen LogP contribution in [0.1, 0.15) is 30.6 Å². The normalized spacial score (nSPS) is 17.6. The second kappa shape index (κ2) is 7.81. The first-order chi connectivity index (χ1) is 14.3. The Kier molecular flexibility index (Phi) is 5.33. The summed E-state index contributed by atoms with van der Waals surface area (Å²) in [5.41, 5.74) is 3.44. The molecule has 2 aromatic heterocycles. The van der Waals surface area contributed by atoms with Crippen LogP contribution >= 0.6 is 0 Å². The van der Waals surface area contributed by atoms with Crippen molar-refractivity contribution in [3.05, 3.63) is 59.7 Å². The molecule has 0 aliphatic heterocycles. The van der Waals surface area contributed by atoms with Gasteiger partial charge in [0.2, 0.25) is 0 Å². The third-order valence-corrected chi connectivity index (χ3v) is 7.17. The monoisotopic (exact) mass is 431 g/mol. The number of halogens is 1. The first-order valence-corrected chi connectivity index (χ1v) is 11.3. The topological polar surface area (TPSA) is 101 Å². The second-order valence-electron chi connectivity index (χ2n) is 7.54. The number of rotatable bonds is 6. The van der Waals surface area contributed by atoms with Crippen molar-refractivity contribution in [3.8, 4) is 0 Å². The average Bonchev–Trinajstić information content (AvgIpc) is 3.06. The van der Waals surface area contributed by atoms with E-state index in [0.29, 0.717) is 19.3 Å². The van der Waals surface area contributed by atoms with Gasteiger partial charge in [-0.3, -0.25) is 4.98 Å². The number of benzene rings is 1. The van der Waals surface area contributed by atoms with Gasteiger partial charge in [-0.15, -0.1) is 0 Å². The molecule has 2 atom stereocenters. The zero-order valence-electron chi connectivity index (χ0n) is 16.4. The van der Waals surface area contributed by atoms with Crippen LogP contribution in [0.3, 0.4) is 0 Å². The lowest BCUT2D eigenvalue weighted by Crippen LogP contribution is -2.38. The van der Waals surface area contributed by atoms with Crippen molar-refractivity contribution in [2.75, 3.05) is 5.88 Å². The van der Waals surface area contributed by atoms with Gasteiger partial charge in [0.1, 0.15) is 17.7 Å². The van der Waals surface area contributed by atoms with Crippen LogP contribution in [0.2, 0.25) is 0 Å². The number of sulfone groups is 1. The lowest BCUT2D eigenvalue weighted by atomic mass is 9.92. The maximum absolute atomic E-state index is 13.1. The molecule has 0 radical (unpaired) electrons. The summed E-state index contributed by atoms with van der Waals surface area (Å²) in [5, 5.41) is 12.6. The lowest BCUT2D eigenvalue weighted by molar-refractivity contribution is -0.140. The fourth-order valence-corrected chi connectivity index (χ4v) is 5.25. The van der Waals surface area contributed by atoms with Crippen molar-refractivity contribution in [2.24, 2.45) is 0 Å². The minimum absolute atomic E-state index is 0.0708. The van der Waals surface area contributed by atoms with Crippen molar-refractivity contribution in [1.29, 1.82) is 0 Å². The van der Waals surface area contributed by atoms with Crippen LogP contribution in [0, 0.1) is 5.82 Å². The van der Waals surface area contributed by atoms with E-state index in [1.165, 1.54) is 12.1 Å². The molecule has 1 aliphatic rings. The van der Waals surface area contributed by atoms with Crippen LogP contribution < -0.4 is 5.32 Å². The van der Waals surface area contributed by atoms with E-state index in [-0.39, 0.29) is 16.8 Å². The highest BCUT2D eigenvalue weighted by Crippen LogP contribution is 2.33. The summed E-state index contributed by atoms with van der Waals surface area (Å²) in [5.74, 6) is -1.65. The number of nitrogens with one attached hydrogen (secondary N) is 1. The van der Waals surface area contributed by atoms with Gasteiger partial charge in [0.25, 0.3) is 0 Å². The number of carboxylic acid groups (broad SMARTS) is 1. The second-order valence-corrected chi connectivity index (χ2v) is 9.53. The number of carbonyl (C=O) groups is 1. The van der Waals surface area contributed by atoms with E-state index in [4.69, 9.17) is 0 Å². The summed E-state index contributed by atoms with van der Waals surface area (Å²) >= 11 is 0. The van der Waals surface area contributed by atoms with Gasteiger partial charge in [-0.05, 0) is 62.6 Å². The predicted molar refractivity (Wildman–Crippen MR) is 109 cm³/mol. The highest BCUT2D eigenvalue weighted by Gasteiger charge is 2.30. The Bertz CT molecular complexity index is 1200. The van der Waals surface area contributed by atoms with Crippen molar-refractivity contribution in [2.45, 2.75) is 43.2 Å². The molecular formula is C21H22FN3O4S. The van der Waals surface area contributed by atoms with Gasteiger partial charge in [0.15, 0.2) is 9.84 Å². The van der Waals surface area contributed by atoms with Gasteiger partial charge in [0, 0.05) is 23.5 Å². The van der Waals surface area contributed by atoms with Crippen LogP contribution in [0.5, 0.6) is 0 Å². The lowest BCUT2D eigenvalue weighted by Gasteiger charge is -2.25. The molecule has 0 spiro atoms. The maximum atomic E-state index is 13.1. The molecule has 0 bridgehead atoms. The summed E-state index contributed by atoms with van der Waals surface area (Å²) < 4.78 is 40.0. The molecule has 2 heterocycles. The zero-order chi connectivity index (χ0) is 21.5. The Labute approximate surface area is 173 Å². The number of fused-ring (bicyclic) bond motifs is 3. The Morgan fingerprint density at radius 1 is 1.33 bits per heavy atom. The molecule has 3 aromatic rings. The molecule has 1 aromatic carbocycles. The number of aliphatic carboxylic acids is 1. The number of pyridine rings is 1. The number of nitrogens with zero attached hydrogens (tertiary/aromatic N) is 2.